The van der Waals surface area contributed by atoms with Gasteiger partial charge in [0.05, 0.1) is 17.1 Å². The minimum absolute atomic E-state index is 0.241. The highest BCUT2D eigenvalue weighted by Crippen LogP contribution is 2.68. The predicted molar refractivity (Wildman–Crippen MR) is 132 cm³/mol. The summed E-state index contributed by atoms with van der Waals surface area (Å²) in [5.74, 6) is 1.01. The van der Waals surface area contributed by atoms with Gasteiger partial charge in [-0.3, -0.25) is 4.79 Å². The van der Waals surface area contributed by atoms with E-state index in [9.17, 15) is 20.1 Å². The second-order valence-corrected chi connectivity index (χ2v) is 13.0. The van der Waals surface area contributed by atoms with E-state index in [0.717, 1.165) is 32.1 Å². The first-order chi connectivity index (χ1) is 16.3. The Balaban J connectivity index is 1.43. The molecule has 1 heterocycles. The molecule has 0 bridgehead atoms. The summed E-state index contributed by atoms with van der Waals surface area (Å²) in [4.78, 5) is 13.1. The van der Waals surface area contributed by atoms with Gasteiger partial charge < -0.3 is 24.8 Å². The molecule has 2 saturated carbocycles. The van der Waals surface area contributed by atoms with Crippen LogP contribution in [0.15, 0.2) is 23.8 Å². The van der Waals surface area contributed by atoms with Crippen molar-refractivity contribution in [2.24, 2.45) is 34.5 Å². The number of ketones is 1. The van der Waals surface area contributed by atoms with Crippen molar-refractivity contribution in [1.82, 2.24) is 0 Å². The summed E-state index contributed by atoms with van der Waals surface area (Å²) in [7, 11) is 1.55. The van der Waals surface area contributed by atoms with Crippen LogP contribution in [0.2, 0.25) is 0 Å². The van der Waals surface area contributed by atoms with Crippen molar-refractivity contribution in [3.8, 4) is 0 Å². The van der Waals surface area contributed by atoms with Gasteiger partial charge in [0, 0.05) is 19.4 Å². The largest absolute Gasteiger partial charge is 0.389 e. The second-order valence-electron chi connectivity index (χ2n) is 13.0. The zero-order chi connectivity index (χ0) is 25.6. The van der Waals surface area contributed by atoms with Crippen LogP contribution in [0.3, 0.4) is 0 Å². The SMILES string of the molecule is CO[C@]1(C)C[C@H]([C@@H](C)[C@@]2(O)CC[C@H]3[C@@H]4CC=C5CC=CC(=O)[C@]5(C)[C@H]4CC[C@@]32C)OC(O)[C@@]1(C)O. The lowest BCUT2D eigenvalue weighted by Gasteiger charge is -2.59. The van der Waals surface area contributed by atoms with Crippen LogP contribution in [-0.2, 0) is 14.3 Å². The van der Waals surface area contributed by atoms with E-state index in [1.165, 1.54) is 12.5 Å². The zero-order valence-electron chi connectivity index (χ0n) is 22.2. The molecule has 0 aromatic rings. The van der Waals surface area contributed by atoms with Crippen LogP contribution >= 0.6 is 0 Å². The van der Waals surface area contributed by atoms with E-state index in [1.54, 1.807) is 20.1 Å². The van der Waals surface area contributed by atoms with Crippen molar-refractivity contribution in [1.29, 1.82) is 0 Å². The molecule has 0 amide bonds. The number of carbonyl (C=O) groups is 1. The van der Waals surface area contributed by atoms with Crippen LogP contribution in [0.1, 0.15) is 79.6 Å². The van der Waals surface area contributed by atoms with Gasteiger partial charge in [0.1, 0.15) is 11.2 Å². The Morgan fingerprint density at radius 2 is 1.80 bits per heavy atom. The van der Waals surface area contributed by atoms with E-state index in [-0.39, 0.29) is 17.1 Å². The highest BCUT2D eigenvalue weighted by molar-refractivity contribution is 5.98. The molecular weight excluding hydrogens is 444 g/mol. The van der Waals surface area contributed by atoms with E-state index in [1.807, 2.05) is 13.0 Å². The summed E-state index contributed by atoms with van der Waals surface area (Å²) in [5, 5.41) is 34.0. The maximum atomic E-state index is 13.1. The number of ether oxygens (including phenoxy) is 2. The molecule has 5 aliphatic rings. The van der Waals surface area contributed by atoms with Crippen molar-refractivity contribution < 1.29 is 29.6 Å². The number of hydrogen-bond acceptors (Lipinski definition) is 6. The van der Waals surface area contributed by atoms with Gasteiger partial charge in [-0.25, -0.2) is 0 Å². The first kappa shape index (κ1) is 25.6. The predicted octanol–water partition coefficient (Wildman–Crippen LogP) is 3.92. The fraction of sp³-hybridized carbons (Fsp3) is 0.828. The van der Waals surface area contributed by atoms with Gasteiger partial charge in [0.15, 0.2) is 12.1 Å². The minimum atomic E-state index is -1.55. The van der Waals surface area contributed by atoms with Gasteiger partial charge in [-0.2, -0.15) is 0 Å². The highest BCUT2D eigenvalue weighted by atomic mass is 16.6. The Morgan fingerprint density at radius 3 is 2.49 bits per heavy atom. The number of aliphatic hydroxyl groups is 3. The number of aliphatic hydroxyl groups excluding tert-OH is 1. The summed E-state index contributed by atoms with van der Waals surface area (Å²) in [6, 6.07) is 0. The van der Waals surface area contributed by atoms with Gasteiger partial charge in [-0.15, -0.1) is 0 Å². The van der Waals surface area contributed by atoms with Crippen LogP contribution in [0.4, 0.5) is 0 Å². The average Bonchev–Trinajstić information content (AvgIpc) is 3.09. The summed E-state index contributed by atoms with van der Waals surface area (Å²) in [6.07, 6.45) is 9.90. The molecule has 1 saturated heterocycles. The topological polar surface area (TPSA) is 96.2 Å². The molecule has 1 aliphatic heterocycles. The molecule has 6 heteroatoms. The van der Waals surface area contributed by atoms with Crippen LogP contribution in [0.5, 0.6) is 0 Å². The number of methoxy groups -OCH3 is 1. The fourth-order valence-corrected chi connectivity index (χ4v) is 9.05. The van der Waals surface area contributed by atoms with Gasteiger partial charge >= 0.3 is 0 Å². The minimum Gasteiger partial charge on any atom is -0.389 e. The standard InChI is InChI=1S/C29H44O6/c1-17(22-16-26(3,34-6)28(5,32)24(31)35-22)29(33)15-13-20-19-11-10-18-8-7-9-23(30)27(18,4)21(19)12-14-25(20,29)2/h7,9-10,17,19-22,24,31-33H,8,11-16H2,1-6H3/t17-,19+,20+,21+,22-,24?,25+,26-,27+,28-,29+/m1/s1. The molecule has 0 aromatic heterocycles. The highest BCUT2D eigenvalue weighted by Gasteiger charge is 2.67. The molecule has 3 N–H and O–H groups in total. The lowest BCUT2D eigenvalue weighted by molar-refractivity contribution is -0.338. The molecule has 196 valence electrons. The summed E-state index contributed by atoms with van der Waals surface area (Å²) < 4.78 is 11.7. The lowest BCUT2D eigenvalue weighted by atomic mass is 9.46. The smallest absolute Gasteiger partial charge is 0.186 e. The maximum absolute atomic E-state index is 13.1. The third kappa shape index (κ3) is 3.16. The monoisotopic (exact) mass is 488 g/mol. The Hall–Kier alpha value is -1.05. The van der Waals surface area contributed by atoms with Crippen molar-refractivity contribution in [2.45, 2.75) is 109 Å². The van der Waals surface area contributed by atoms with Crippen molar-refractivity contribution >= 4 is 5.78 Å². The molecular formula is C29H44O6. The van der Waals surface area contributed by atoms with E-state index in [0.29, 0.717) is 30.6 Å². The van der Waals surface area contributed by atoms with Gasteiger partial charge in [-0.1, -0.05) is 31.6 Å². The molecule has 5 rings (SSSR count). The van der Waals surface area contributed by atoms with Crippen LogP contribution in [0, 0.1) is 34.5 Å². The Bertz CT molecular complexity index is 955. The van der Waals surface area contributed by atoms with Gasteiger partial charge in [0.25, 0.3) is 0 Å². The quantitative estimate of drug-likeness (QED) is 0.521. The van der Waals surface area contributed by atoms with Gasteiger partial charge in [0.2, 0.25) is 0 Å². The van der Waals surface area contributed by atoms with Gasteiger partial charge in [-0.05, 0) is 88.5 Å². The number of hydrogen-bond donors (Lipinski definition) is 3. The normalized spacial score (nSPS) is 54.5. The first-order valence-corrected chi connectivity index (χ1v) is 13.5. The Labute approximate surface area is 209 Å². The molecule has 0 radical (unpaired) electrons. The van der Waals surface area contributed by atoms with Crippen molar-refractivity contribution in [2.75, 3.05) is 7.11 Å². The summed E-state index contributed by atoms with van der Waals surface area (Å²) >= 11 is 0. The molecule has 6 nitrogen and oxygen atoms in total. The number of allylic oxidation sites excluding steroid dienone is 4. The number of carbonyl (C=O) groups excluding carboxylic acids is 1. The maximum Gasteiger partial charge on any atom is 0.186 e. The molecule has 3 fully saturated rings. The molecule has 35 heavy (non-hydrogen) atoms. The van der Waals surface area contributed by atoms with E-state index < -0.39 is 34.6 Å². The van der Waals surface area contributed by atoms with Crippen molar-refractivity contribution in [3.05, 3.63) is 23.8 Å². The van der Waals surface area contributed by atoms with Crippen LogP contribution in [0.25, 0.3) is 0 Å². The summed E-state index contributed by atoms with van der Waals surface area (Å²) in [6.45, 7) is 9.77. The molecule has 1 unspecified atom stereocenters. The van der Waals surface area contributed by atoms with Crippen LogP contribution < -0.4 is 0 Å². The van der Waals surface area contributed by atoms with E-state index in [4.69, 9.17) is 9.47 Å². The molecule has 0 spiro atoms. The fourth-order valence-electron chi connectivity index (χ4n) is 9.05. The molecule has 4 aliphatic carbocycles. The first-order valence-electron chi connectivity index (χ1n) is 13.5. The summed E-state index contributed by atoms with van der Waals surface area (Å²) in [5.41, 5.74) is -2.94. The third-order valence-electron chi connectivity index (χ3n) is 12.0. The molecule has 0 aromatic carbocycles. The Morgan fingerprint density at radius 1 is 1.11 bits per heavy atom. The van der Waals surface area contributed by atoms with Crippen molar-refractivity contribution in [3.63, 3.8) is 0 Å². The second kappa shape index (κ2) is 7.97. The molecule has 11 atom stereocenters. The average molecular weight is 489 g/mol. The van der Waals surface area contributed by atoms with Crippen LogP contribution in [-0.4, -0.2) is 57.4 Å². The third-order valence-corrected chi connectivity index (χ3v) is 12.0. The number of fused-ring (bicyclic) bond motifs is 5. The van der Waals surface area contributed by atoms with E-state index in [2.05, 4.69) is 19.9 Å². The Kier molecular flexibility index (Phi) is 5.83. The number of rotatable bonds is 3. The van der Waals surface area contributed by atoms with E-state index >= 15 is 0 Å². The lowest BCUT2D eigenvalue weighted by Crippen LogP contribution is -2.67. The zero-order valence-corrected chi connectivity index (χ0v) is 22.2.